The lowest BCUT2D eigenvalue weighted by Crippen LogP contribution is -2.38. The van der Waals surface area contributed by atoms with Crippen LogP contribution < -0.4 is 5.32 Å². The second kappa shape index (κ2) is 15.6. The Hall–Kier alpha value is -4.36. The maximum atomic E-state index is 13.6. The first-order chi connectivity index (χ1) is 21.5. The van der Waals surface area contributed by atoms with Crippen molar-refractivity contribution in [1.82, 2.24) is 9.88 Å². The van der Waals surface area contributed by atoms with E-state index in [1.54, 1.807) is 35.5 Å². The summed E-state index contributed by atoms with van der Waals surface area (Å²) in [6.07, 6.45) is 0.335. The highest BCUT2D eigenvalue weighted by Gasteiger charge is 2.43. The number of pyridine rings is 1. The average molecular weight is 632 g/mol. The van der Waals surface area contributed by atoms with Crippen molar-refractivity contribution in [1.29, 1.82) is 0 Å². The van der Waals surface area contributed by atoms with Crippen molar-refractivity contribution in [2.75, 3.05) is 18.5 Å². The highest BCUT2D eigenvalue weighted by Crippen LogP contribution is 2.26. The number of ether oxygens (including phenoxy) is 3. The van der Waals surface area contributed by atoms with E-state index in [1.165, 1.54) is 37.3 Å². The lowest BCUT2D eigenvalue weighted by atomic mass is 9.94. The molecule has 2 unspecified atom stereocenters. The van der Waals surface area contributed by atoms with Crippen LogP contribution in [0.4, 0.5) is 28.0 Å². The fourth-order valence-corrected chi connectivity index (χ4v) is 5.01. The molecule has 1 aliphatic rings. The molecule has 9 nitrogen and oxygen atoms in total. The number of amides is 2. The van der Waals surface area contributed by atoms with Gasteiger partial charge >= 0.3 is 24.1 Å². The van der Waals surface area contributed by atoms with Gasteiger partial charge < -0.3 is 24.4 Å². The van der Waals surface area contributed by atoms with Gasteiger partial charge in [-0.05, 0) is 73.6 Å². The molecule has 0 saturated heterocycles. The van der Waals surface area contributed by atoms with Crippen LogP contribution in [0.1, 0.15) is 52.7 Å². The first kappa shape index (κ1) is 33.5. The molecule has 0 radical (unpaired) electrons. The number of halogens is 4. The van der Waals surface area contributed by atoms with Crippen LogP contribution >= 0.6 is 0 Å². The lowest BCUT2D eigenvalue weighted by molar-refractivity contribution is -0.193. The number of urea groups is 1. The van der Waals surface area contributed by atoms with E-state index < -0.39 is 30.0 Å². The number of carbonyl (C=O) groups is 3. The molecule has 1 heterocycles. The second-order valence-corrected chi connectivity index (χ2v) is 10.6. The Kier molecular flexibility index (Phi) is 11.6. The van der Waals surface area contributed by atoms with Gasteiger partial charge in [0.05, 0.1) is 31.0 Å². The van der Waals surface area contributed by atoms with Gasteiger partial charge in [-0.3, -0.25) is 4.98 Å². The zero-order valence-corrected chi connectivity index (χ0v) is 24.5. The molecule has 0 aliphatic heterocycles. The number of carbonyl (C=O) groups excluding carboxylic acids is 3. The normalized spacial score (nSPS) is 16.6. The van der Waals surface area contributed by atoms with E-state index in [2.05, 4.69) is 15.0 Å². The van der Waals surface area contributed by atoms with Crippen LogP contribution in [0, 0.1) is 12.7 Å². The number of hydrogen-bond donors (Lipinski definition) is 1. The Morgan fingerprint density at radius 1 is 1.02 bits per heavy atom. The maximum Gasteiger partial charge on any atom is 0.491 e. The van der Waals surface area contributed by atoms with E-state index in [9.17, 15) is 31.9 Å². The van der Waals surface area contributed by atoms with Crippen molar-refractivity contribution in [3.8, 4) is 0 Å². The summed E-state index contributed by atoms with van der Waals surface area (Å²) >= 11 is 0. The van der Waals surface area contributed by atoms with Gasteiger partial charge in [0.15, 0.2) is 0 Å². The molecule has 1 aliphatic carbocycles. The maximum absolute atomic E-state index is 13.6. The van der Waals surface area contributed by atoms with Crippen LogP contribution in [0.2, 0.25) is 0 Å². The smallest absolute Gasteiger partial charge is 0.383 e. The minimum absolute atomic E-state index is 0.0805. The molecule has 0 bridgehead atoms. The fourth-order valence-electron chi connectivity index (χ4n) is 5.01. The third-order valence-electron chi connectivity index (χ3n) is 7.21. The van der Waals surface area contributed by atoms with Gasteiger partial charge in [0.1, 0.15) is 5.82 Å². The zero-order valence-electron chi connectivity index (χ0n) is 24.5. The number of aromatic nitrogens is 1. The predicted molar refractivity (Wildman–Crippen MR) is 155 cm³/mol. The molecular formula is C32H33F4N3O6. The molecule has 240 valence electrons. The number of rotatable bonds is 11. The number of alkyl halides is 3. The van der Waals surface area contributed by atoms with Gasteiger partial charge in [-0.2, -0.15) is 13.2 Å². The third kappa shape index (κ3) is 10.1. The number of benzene rings is 2. The Balaban J connectivity index is 1.32. The molecule has 2 amide bonds. The van der Waals surface area contributed by atoms with Crippen LogP contribution in [0.15, 0.2) is 67.0 Å². The molecule has 2 atom stereocenters. The minimum Gasteiger partial charge on any atom is -0.383 e. The monoisotopic (exact) mass is 631 g/mol. The van der Waals surface area contributed by atoms with E-state index in [-0.39, 0.29) is 44.1 Å². The van der Waals surface area contributed by atoms with Crippen LogP contribution in [-0.4, -0.2) is 59.4 Å². The standard InChI is InChI=1S/C32H33F4N3O6/c1-21-6-2-8-23(28(21)29(40)45-30(41)32(34,35)36)20-44-27-12-4-11-26(17-27)43-15-14-39(19-22-7-5-13-37-18-22)31(42)38-25-10-3-9-24(33)16-25/h2-3,5-10,13,16,18,26-27H,4,11-12,14-15,17,19-20H2,1H3,(H,38,42). The number of hydrogen-bond acceptors (Lipinski definition) is 7. The Labute approximate surface area is 257 Å². The SMILES string of the molecule is Cc1cccc(COC2CCCC(OCCN(Cc3cccnc3)C(=O)Nc3cccc(F)c3)C2)c1C(=O)OC(=O)C(F)(F)F. The van der Waals surface area contributed by atoms with Gasteiger partial charge in [-0.1, -0.05) is 30.3 Å². The van der Waals surface area contributed by atoms with Crippen molar-refractivity contribution in [2.24, 2.45) is 0 Å². The Morgan fingerprint density at radius 2 is 1.78 bits per heavy atom. The predicted octanol–water partition coefficient (Wildman–Crippen LogP) is 6.35. The molecule has 13 heteroatoms. The zero-order chi connectivity index (χ0) is 32.4. The van der Waals surface area contributed by atoms with E-state index >= 15 is 0 Å². The summed E-state index contributed by atoms with van der Waals surface area (Å²) in [6.45, 7) is 2.16. The molecule has 4 rings (SSSR count). The fraction of sp³-hybridized carbons (Fsp3) is 0.375. The Bertz CT molecular complexity index is 1470. The highest BCUT2D eigenvalue weighted by molar-refractivity contribution is 6.00. The lowest BCUT2D eigenvalue weighted by Gasteiger charge is -2.30. The van der Waals surface area contributed by atoms with Crippen molar-refractivity contribution >= 4 is 23.7 Å². The van der Waals surface area contributed by atoms with Gasteiger partial charge in [-0.25, -0.2) is 18.8 Å². The summed E-state index contributed by atoms with van der Waals surface area (Å²) in [5.41, 5.74) is 1.62. The summed E-state index contributed by atoms with van der Waals surface area (Å²) in [6, 6.07) is 13.5. The number of anilines is 1. The topological polar surface area (TPSA) is 107 Å². The van der Waals surface area contributed by atoms with Crippen molar-refractivity contribution in [3.05, 3.63) is 95.1 Å². The first-order valence-electron chi connectivity index (χ1n) is 14.3. The Morgan fingerprint density at radius 3 is 2.49 bits per heavy atom. The highest BCUT2D eigenvalue weighted by atomic mass is 19.4. The number of nitrogens with one attached hydrogen (secondary N) is 1. The van der Waals surface area contributed by atoms with E-state index in [0.29, 0.717) is 29.7 Å². The van der Waals surface area contributed by atoms with Crippen LogP contribution in [0.3, 0.4) is 0 Å². The first-order valence-corrected chi connectivity index (χ1v) is 14.3. The summed E-state index contributed by atoms with van der Waals surface area (Å²) < 4.78 is 67.7. The summed E-state index contributed by atoms with van der Waals surface area (Å²) in [7, 11) is 0. The van der Waals surface area contributed by atoms with Crippen LogP contribution in [-0.2, 0) is 32.2 Å². The molecule has 2 aromatic carbocycles. The molecule has 1 N–H and O–H groups in total. The van der Waals surface area contributed by atoms with Gasteiger partial charge in [-0.15, -0.1) is 0 Å². The van der Waals surface area contributed by atoms with Crippen molar-refractivity contribution < 1.29 is 46.2 Å². The van der Waals surface area contributed by atoms with E-state index in [4.69, 9.17) is 9.47 Å². The number of esters is 2. The summed E-state index contributed by atoms with van der Waals surface area (Å²) in [4.78, 5) is 42.4. The van der Waals surface area contributed by atoms with Crippen molar-refractivity contribution in [3.63, 3.8) is 0 Å². The molecule has 45 heavy (non-hydrogen) atoms. The van der Waals surface area contributed by atoms with Gasteiger partial charge in [0.25, 0.3) is 0 Å². The van der Waals surface area contributed by atoms with Crippen molar-refractivity contribution in [2.45, 2.75) is 64.1 Å². The average Bonchev–Trinajstić information content (AvgIpc) is 2.99. The second-order valence-electron chi connectivity index (χ2n) is 10.6. The molecular weight excluding hydrogens is 598 g/mol. The summed E-state index contributed by atoms with van der Waals surface area (Å²) in [5, 5.41) is 2.71. The van der Waals surface area contributed by atoms with Gasteiger partial charge in [0, 0.05) is 31.2 Å². The summed E-state index contributed by atoms with van der Waals surface area (Å²) in [5.74, 6) is -4.45. The molecule has 3 aromatic rings. The number of aryl methyl sites for hydroxylation is 1. The van der Waals surface area contributed by atoms with E-state index in [1.807, 2.05) is 6.07 Å². The van der Waals surface area contributed by atoms with Crippen LogP contribution in [0.5, 0.6) is 0 Å². The quantitative estimate of drug-likeness (QED) is 0.149. The molecule has 0 spiro atoms. The number of nitrogens with zero attached hydrogens (tertiary/aromatic N) is 2. The molecule has 1 aromatic heterocycles. The molecule has 1 saturated carbocycles. The van der Waals surface area contributed by atoms with E-state index in [0.717, 1.165) is 18.4 Å². The minimum atomic E-state index is -5.30. The largest absolute Gasteiger partial charge is 0.491 e. The third-order valence-corrected chi connectivity index (χ3v) is 7.21. The molecule has 1 fully saturated rings. The van der Waals surface area contributed by atoms with Crippen LogP contribution in [0.25, 0.3) is 0 Å². The van der Waals surface area contributed by atoms with Gasteiger partial charge in [0.2, 0.25) is 0 Å².